The smallest absolute Gasteiger partial charge is 0.324 e. The molecule has 1 aromatic carbocycles. The van der Waals surface area contributed by atoms with Crippen molar-refractivity contribution >= 4 is 17.5 Å². The maximum atomic E-state index is 12.3. The minimum absolute atomic E-state index is 0.142. The standard InChI is InChI=1S/C14H12O5/c1-2-18-14(17)10-11(15)9-7-5-3-4-6-8(7)19-13(9)12(10)16/h3-6,9-10,13H,2H2,1H3. The summed E-state index contributed by atoms with van der Waals surface area (Å²) in [5, 5.41) is 0. The van der Waals surface area contributed by atoms with E-state index in [1.54, 1.807) is 31.2 Å². The Balaban J connectivity index is 1.97. The van der Waals surface area contributed by atoms with E-state index >= 15 is 0 Å². The summed E-state index contributed by atoms with van der Waals surface area (Å²) < 4.78 is 10.3. The molecule has 0 saturated heterocycles. The molecule has 98 valence electrons. The van der Waals surface area contributed by atoms with Gasteiger partial charge in [-0.05, 0) is 13.0 Å². The molecule has 0 radical (unpaired) electrons. The lowest BCUT2D eigenvalue weighted by atomic mass is 9.95. The first-order chi connectivity index (χ1) is 9.15. The largest absolute Gasteiger partial charge is 0.481 e. The van der Waals surface area contributed by atoms with Crippen molar-refractivity contribution in [1.82, 2.24) is 0 Å². The molecule has 1 aliphatic heterocycles. The Morgan fingerprint density at radius 3 is 2.74 bits per heavy atom. The molecule has 5 nitrogen and oxygen atoms in total. The van der Waals surface area contributed by atoms with E-state index in [2.05, 4.69) is 0 Å². The number of benzene rings is 1. The van der Waals surface area contributed by atoms with Crippen molar-refractivity contribution in [1.29, 1.82) is 0 Å². The van der Waals surface area contributed by atoms with Crippen molar-refractivity contribution in [2.45, 2.75) is 18.9 Å². The van der Waals surface area contributed by atoms with Crippen molar-refractivity contribution in [3.05, 3.63) is 29.8 Å². The predicted octanol–water partition coefficient (Wildman–Crippen LogP) is 0.862. The Hall–Kier alpha value is -2.17. The molecule has 1 fully saturated rings. The molecule has 1 heterocycles. The van der Waals surface area contributed by atoms with Gasteiger partial charge in [0.25, 0.3) is 0 Å². The molecular weight excluding hydrogens is 248 g/mol. The Kier molecular flexibility index (Phi) is 2.62. The minimum Gasteiger partial charge on any atom is -0.481 e. The van der Waals surface area contributed by atoms with Crippen LogP contribution in [0.2, 0.25) is 0 Å². The van der Waals surface area contributed by atoms with Crippen LogP contribution in [0.3, 0.4) is 0 Å². The van der Waals surface area contributed by atoms with E-state index in [-0.39, 0.29) is 6.61 Å². The van der Waals surface area contributed by atoms with Gasteiger partial charge in [0.05, 0.1) is 12.5 Å². The third-order valence-electron chi connectivity index (χ3n) is 3.49. The average molecular weight is 260 g/mol. The normalized spacial score (nSPS) is 27.7. The van der Waals surface area contributed by atoms with Gasteiger partial charge in [0.1, 0.15) is 5.75 Å². The maximum Gasteiger partial charge on any atom is 0.324 e. The van der Waals surface area contributed by atoms with Gasteiger partial charge in [-0.1, -0.05) is 18.2 Å². The monoisotopic (exact) mass is 260 g/mol. The van der Waals surface area contributed by atoms with Crippen LogP contribution in [0.5, 0.6) is 5.75 Å². The third kappa shape index (κ3) is 1.58. The lowest BCUT2D eigenvalue weighted by Gasteiger charge is -2.09. The number of ketones is 2. The van der Waals surface area contributed by atoms with Crippen molar-refractivity contribution in [2.24, 2.45) is 5.92 Å². The SMILES string of the molecule is CCOC(=O)C1C(=O)C2Oc3ccccc3C2C1=O. The third-order valence-corrected chi connectivity index (χ3v) is 3.49. The van der Waals surface area contributed by atoms with Crippen LogP contribution in [-0.2, 0) is 19.1 Å². The van der Waals surface area contributed by atoms with E-state index in [0.717, 1.165) is 0 Å². The summed E-state index contributed by atoms with van der Waals surface area (Å²) in [6, 6.07) is 7.02. The average Bonchev–Trinajstić information content (AvgIpc) is 2.87. The molecular formula is C14H12O5. The maximum absolute atomic E-state index is 12.3. The Labute approximate surface area is 109 Å². The van der Waals surface area contributed by atoms with Crippen molar-refractivity contribution < 1.29 is 23.9 Å². The second kappa shape index (κ2) is 4.19. The Bertz CT molecular complexity index is 577. The number of hydrogen-bond donors (Lipinski definition) is 0. The summed E-state index contributed by atoms with van der Waals surface area (Å²) in [5.41, 5.74) is 0.678. The molecule has 2 aliphatic rings. The van der Waals surface area contributed by atoms with Gasteiger partial charge in [0.2, 0.25) is 0 Å². The second-order valence-electron chi connectivity index (χ2n) is 4.54. The van der Waals surface area contributed by atoms with Gasteiger partial charge in [-0.3, -0.25) is 14.4 Å². The molecule has 3 unspecified atom stereocenters. The van der Waals surface area contributed by atoms with Crippen LogP contribution in [0, 0.1) is 5.92 Å². The molecule has 0 bridgehead atoms. The fraction of sp³-hybridized carbons (Fsp3) is 0.357. The fourth-order valence-electron chi connectivity index (χ4n) is 2.68. The summed E-state index contributed by atoms with van der Waals surface area (Å²) in [4.78, 5) is 36.1. The van der Waals surface area contributed by atoms with Crippen LogP contribution in [0.25, 0.3) is 0 Å². The molecule has 0 amide bonds. The van der Waals surface area contributed by atoms with E-state index < -0.39 is 35.5 Å². The number of rotatable bonds is 2. The van der Waals surface area contributed by atoms with Gasteiger partial charge in [-0.2, -0.15) is 0 Å². The number of ether oxygens (including phenoxy) is 2. The molecule has 0 N–H and O–H groups in total. The van der Waals surface area contributed by atoms with E-state index in [1.807, 2.05) is 0 Å². The summed E-state index contributed by atoms with van der Waals surface area (Å²) >= 11 is 0. The van der Waals surface area contributed by atoms with Crippen LogP contribution in [0.1, 0.15) is 18.4 Å². The number of carbonyl (C=O) groups is 3. The van der Waals surface area contributed by atoms with E-state index in [4.69, 9.17) is 9.47 Å². The van der Waals surface area contributed by atoms with Crippen LogP contribution in [-0.4, -0.2) is 30.2 Å². The predicted molar refractivity (Wildman–Crippen MR) is 63.7 cm³/mol. The number of fused-ring (bicyclic) bond motifs is 3. The second-order valence-corrected chi connectivity index (χ2v) is 4.54. The van der Waals surface area contributed by atoms with Crippen LogP contribution in [0.15, 0.2) is 24.3 Å². The zero-order chi connectivity index (χ0) is 13.6. The van der Waals surface area contributed by atoms with Crippen molar-refractivity contribution in [3.8, 4) is 5.75 Å². The highest BCUT2D eigenvalue weighted by Gasteiger charge is 2.58. The molecule has 1 aromatic rings. The van der Waals surface area contributed by atoms with Gasteiger partial charge < -0.3 is 9.47 Å². The molecule has 1 aliphatic carbocycles. The first-order valence-electron chi connectivity index (χ1n) is 6.14. The van der Waals surface area contributed by atoms with Gasteiger partial charge in [0.15, 0.2) is 23.6 Å². The molecule has 0 spiro atoms. The number of carbonyl (C=O) groups excluding carboxylic acids is 3. The Morgan fingerprint density at radius 1 is 1.26 bits per heavy atom. The first-order valence-corrected chi connectivity index (χ1v) is 6.14. The molecule has 3 rings (SSSR count). The van der Waals surface area contributed by atoms with Crippen LogP contribution >= 0.6 is 0 Å². The van der Waals surface area contributed by atoms with Crippen LogP contribution in [0.4, 0.5) is 0 Å². The first kappa shape index (κ1) is 11.9. The number of hydrogen-bond acceptors (Lipinski definition) is 5. The van der Waals surface area contributed by atoms with Gasteiger partial charge in [-0.25, -0.2) is 0 Å². The lowest BCUT2D eigenvalue weighted by Crippen LogP contribution is -2.31. The molecule has 0 aromatic heterocycles. The van der Waals surface area contributed by atoms with Crippen molar-refractivity contribution in [2.75, 3.05) is 6.61 Å². The van der Waals surface area contributed by atoms with Gasteiger partial charge >= 0.3 is 5.97 Å². The molecule has 19 heavy (non-hydrogen) atoms. The number of para-hydroxylation sites is 1. The summed E-state index contributed by atoms with van der Waals surface area (Å²) in [5.74, 6) is -3.14. The molecule has 1 saturated carbocycles. The zero-order valence-electron chi connectivity index (χ0n) is 10.3. The Morgan fingerprint density at radius 2 is 2.00 bits per heavy atom. The number of Topliss-reactive ketones (excluding diaryl/α,β-unsaturated/α-hetero) is 2. The highest BCUT2D eigenvalue weighted by atomic mass is 16.5. The van der Waals surface area contributed by atoms with E-state index in [1.165, 1.54) is 0 Å². The highest BCUT2D eigenvalue weighted by molar-refractivity contribution is 6.26. The summed E-state index contributed by atoms with van der Waals surface area (Å²) in [6.45, 7) is 1.77. The summed E-state index contributed by atoms with van der Waals surface area (Å²) in [6.07, 6.45) is -0.876. The van der Waals surface area contributed by atoms with E-state index in [0.29, 0.717) is 11.3 Å². The fourth-order valence-corrected chi connectivity index (χ4v) is 2.68. The number of esters is 1. The van der Waals surface area contributed by atoms with Gasteiger partial charge in [-0.15, -0.1) is 0 Å². The zero-order valence-corrected chi connectivity index (χ0v) is 10.3. The van der Waals surface area contributed by atoms with Crippen molar-refractivity contribution in [3.63, 3.8) is 0 Å². The van der Waals surface area contributed by atoms with Crippen LogP contribution < -0.4 is 4.74 Å². The lowest BCUT2D eigenvalue weighted by molar-refractivity contribution is -0.153. The quantitative estimate of drug-likeness (QED) is 0.582. The van der Waals surface area contributed by atoms with Gasteiger partial charge in [0, 0.05) is 5.56 Å². The molecule has 3 atom stereocenters. The van der Waals surface area contributed by atoms with E-state index in [9.17, 15) is 14.4 Å². The minimum atomic E-state index is -1.33. The highest BCUT2D eigenvalue weighted by Crippen LogP contribution is 2.45. The summed E-state index contributed by atoms with van der Waals surface area (Å²) in [7, 11) is 0. The molecule has 5 heteroatoms. The topological polar surface area (TPSA) is 69.7 Å².